The van der Waals surface area contributed by atoms with E-state index in [-0.39, 0.29) is 18.5 Å². The number of ether oxygens (including phenoxy) is 1. The third kappa shape index (κ3) is 6.67. The molecule has 1 aromatic rings. The number of benzene rings is 1. The second kappa shape index (κ2) is 7.95. The molecule has 0 aliphatic rings. The molecular weight excluding hydrogens is 342 g/mol. The lowest BCUT2D eigenvalue weighted by Crippen LogP contribution is -2.30. The summed E-state index contributed by atoms with van der Waals surface area (Å²) in [6.45, 7) is -1.24. The van der Waals surface area contributed by atoms with Crippen LogP contribution >= 0.6 is 15.9 Å². The molecule has 1 atom stereocenters. The van der Waals surface area contributed by atoms with Gasteiger partial charge in [0.15, 0.2) is 0 Å². The van der Waals surface area contributed by atoms with Gasteiger partial charge in [0.2, 0.25) is 0 Å². The fourth-order valence-electron chi connectivity index (χ4n) is 1.73. The van der Waals surface area contributed by atoms with Gasteiger partial charge >= 0.3 is 6.18 Å². The SMILES string of the molecule is CNC(CCOCC(F)(F)F)Cc1cc(F)ccc1Br. The Balaban J connectivity index is 2.45. The van der Waals surface area contributed by atoms with E-state index >= 15 is 0 Å². The van der Waals surface area contributed by atoms with Crippen LogP contribution < -0.4 is 5.32 Å². The Morgan fingerprint density at radius 2 is 2.05 bits per heavy atom. The van der Waals surface area contributed by atoms with E-state index in [1.54, 1.807) is 13.1 Å². The molecule has 0 saturated carbocycles. The maximum atomic E-state index is 13.1. The average Bonchev–Trinajstić information content (AvgIpc) is 2.36. The van der Waals surface area contributed by atoms with Crippen molar-refractivity contribution in [3.8, 4) is 0 Å². The second-order valence-corrected chi connectivity index (χ2v) is 5.24. The monoisotopic (exact) mass is 357 g/mol. The summed E-state index contributed by atoms with van der Waals surface area (Å²) in [5.41, 5.74) is 0.764. The Hall–Kier alpha value is -0.660. The first-order valence-corrected chi connectivity index (χ1v) is 6.87. The highest BCUT2D eigenvalue weighted by Gasteiger charge is 2.27. The molecule has 1 rings (SSSR count). The average molecular weight is 358 g/mol. The number of rotatable bonds is 7. The molecule has 1 unspecified atom stereocenters. The van der Waals surface area contributed by atoms with Crippen molar-refractivity contribution in [2.45, 2.75) is 25.1 Å². The zero-order valence-corrected chi connectivity index (χ0v) is 12.5. The van der Waals surface area contributed by atoms with Crippen LogP contribution in [0.1, 0.15) is 12.0 Å². The number of alkyl halides is 3. The molecule has 1 aromatic carbocycles. The van der Waals surface area contributed by atoms with Gasteiger partial charge in [-0.1, -0.05) is 15.9 Å². The predicted molar refractivity (Wildman–Crippen MR) is 72.1 cm³/mol. The summed E-state index contributed by atoms with van der Waals surface area (Å²) in [4.78, 5) is 0. The summed E-state index contributed by atoms with van der Waals surface area (Å²) < 4.78 is 54.2. The van der Waals surface area contributed by atoms with Gasteiger partial charge in [0.1, 0.15) is 12.4 Å². The Morgan fingerprint density at radius 3 is 2.65 bits per heavy atom. The van der Waals surface area contributed by atoms with Gasteiger partial charge in [0.25, 0.3) is 0 Å². The summed E-state index contributed by atoms with van der Waals surface area (Å²) >= 11 is 3.32. The molecule has 0 amide bonds. The molecule has 0 spiro atoms. The molecule has 0 saturated heterocycles. The van der Waals surface area contributed by atoms with E-state index in [1.165, 1.54) is 12.1 Å². The van der Waals surface area contributed by atoms with E-state index < -0.39 is 12.8 Å². The van der Waals surface area contributed by atoms with Crippen LogP contribution in [0.5, 0.6) is 0 Å². The van der Waals surface area contributed by atoms with Crippen molar-refractivity contribution in [2.24, 2.45) is 0 Å². The first-order chi connectivity index (χ1) is 9.31. The minimum atomic E-state index is -4.30. The van der Waals surface area contributed by atoms with Gasteiger partial charge in [0, 0.05) is 17.1 Å². The van der Waals surface area contributed by atoms with Gasteiger partial charge in [-0.25, -0.2) is 4.39 Å². The minimum Gasteiger partial charge on any atom is -0.372 e. The highest BCUT2D eigenvalue weighted by molar-refractivity contribution is 9.10. The van der Waals surface area contributed by atoms with Gasteiger partial charge in [0.05, 0.1) is 0 Å². The number of likely N-dealkylation sites (N-methyl/N-ethyl adjacent to an activating group) is 1. The van der Waals surface area contributed by atoms with Crippen LogP contribution in [-0.4, -0.2) is 32.5 Å². The Morgan fingerprint density at radius 1 is 1.35 bits per heavy atom. The molecule has 0 aliphatic carbocycles. The summed E-state index contributed by atoms with van der Waals surface area (Å²) in [6, 6.07) is 4.28. The van der Waals surface area contributed by atoms with Crippen molar-refractivity contribution in [2.75, 3.05) is 20.3 Å². The molecule has 7 heteroatoms. The molecule has 2 nitrogen and oxygen atoms in total. The van der Waals surface area contributed by atoms with Crippen LogP contribution in [-0.2, 0) is 11.2 Å². The summed E-state index contributed by atoms with van der Waals surface area (Å²) in [5.74, 6) is -0.341. The first-order valence-electron chi connectivity index (χ1n) is 6.07. The minimum absolute atomic E-state index is 0.00203. The van der Waals surface area contributed by atoms with Crippen LogP contribution in [0.4, 0.5) is 17.6 Å². The third-order valence-corrected chi connectivity index (χ3v) is 3.53. The van der Waals surface area contributed by atoms with Crippen LogP contribution in [0.15, 0.2) is 22.7 Å². The highest BCUT2D eigenvalue weighted by atomic mass is 79.9. The van der Waals surface area contributed by atoms with Crippen LogP contribution in [0, 0.1) is 5.82 Å². The Kier molecular flexibility index (Phi) is 6.91. The van der Waals surface area contributed by atoms with Crippen molar-refractivity contribution in [3.63, 3.8) is 0 Å². The van der Waals surface area contributed by atoms with Gasteiger partial charge in [-0.2, -0.15) is 13.2 Å². The smallest absolute Gasteiger partial charge is 0.372 e. The molecular formula is C13H16BrF4NO. The van der Waals surface area contributed by atoms with E-state index in [0.717, 1.165) is 10.0 Å². The van der Waals surface area contributed by atoms with Crippen LogP contribution in [0.25, 0.3) is 0 Å². The summed E-state index contributed by atoms with van der Waals surface area (Å²) in [5, 5.41) is 2.99. The van der Waals surface area contributed by atoms with Crippen LogP contribution in [0.3, 0.4) is 0 Å². The first kappa shape index (κ1) is 17.4. The third-order valence-electron chi connectivity index (χ3n) is 2.76. The lowest BCUT2D eigenvalue weighted by Gasteiger charge is -2.17. The second-order valence-electron chi connectivity index (χ2n) is 4.38. The normalized spacial score (nSPS) is 13.5. The molecule has 0 radical (unpaired) electrons. The lowest BCUT2D eigenvalue weighted by atomic mass is 10.0. The quantitative estimate of drug-likeness (QED) is 0.593. The summed E-state index contributed by atoms with van der Waals surface area (Å²) in [6.07, 6.45) is -3.39. The van der Waals surface area contributed by atoms with Crippen molar-refractivity contribution in [3.05, 3.63) is 34.1 Å². The number of halogens is 5. The maximum absolute atomic E-state index is 13.1. The fourth-order valence-corrected chi connectivity index (χ4v) is 2.14. The predicted octanol–water partition coefficient (Wildman–Crippen LogP) is 3.69. The fraction of sp³-hybridized carbons (Fsp3) is 0.538. The largest absolute Gasteiger partial charge is 0.411 e. The Labute approximate surface area is 123 Å². The van der Waals surface area contributed by atoms with Crippen molar-refractivity contribution in [1.82, 2.24) is 5.32 Å². The van der Waals surface area contributed by atoms with Crippen LogP contribution in [0.2, 0.25) is 0 Å². The molecule has 0 aromatic heterocycles. The summed E-state index contributed by atoms with van der Waals surface area (Å²) in [7, 11) is 1.71. The van der Waals surface area contributed by atoms with Crippen molar-refractivity contribution >= 4 is 15.9 Å². The number of hydrogen-bond donors (Lipinski definition) is 1. The van der Waals surface area contributed by atoms with E-state index in [1.807, 2.05) is 0 Å². The van der Waals surface area contributed by atoms with Crippen molar-refractivity contribution < 1.29 is 22.3 Å². The molecule has 0 heterocycles. The molecule has 0 fully saturated rings. The molecule has 0 bridgehead atoms. The molecule has 20 heavy (non-hydrogen) atoms. The highest BCUT2D eigenvalue weighted by Crippen LogP contribution is 2.20. The number of hydrogen-bond acceptors (Lipinski definition) is 2. The van der Waals surface area contributed by atoms with E-state index in [2.05, 4.69) is 26.0 Å². The zero-order valence-electron chi connectivity index (χ0n) is 10.9. The van der Waals surface area contributed by atoms with E-state index in [9.17, 15) is 17.6 Å². The van der Waals surface area contributed by atoms with Crippen molar-refractivity contribution in [1.29, 1.82) is 0 Å². The van der Waals surface area contributed by atoms with Gasteiger partial charge in [-0.15, -0.1) is 0 Å². The van der Waals surface area contributed by atoms with E-state index in [0.29, 0.717) is 12.8 Å². The van der Waals surface area contributed by atoms with E-state index in [4.69, 9.17) is 0 Å². The number of nitrogens with one attached hydrogen (secondary N) is 1. The van der Waals surface area contributed by atoms with Gasteiger partial charge in [-0.3, -0.25) is 0 Å². The maximum Gasteiger partial charge on any atom is 0.411 e. The lowest BCUT2D eigenvalue weighted by molar-refractivity contribution is -0.174. The molecule has 0 aliphatic heterocycles. The molecule has 1 N–H and O–H groups in total. The zero-order chi connectivity index (χ0) is 15.2. The Bertz CT molecular complexity index is 425. The molecule has 114 valence electrons. The standard InChI is InChI=1S/C13H16BrF4NO/c1-19-11(4-5-20-8-13(16,17)18)7-9-6-10(15)2-3-12(9)14/h2-3,6,11,19H,4-5,7-8H2,1H3. The van der Waals surface area contributed by atoms with Gasteiger partial charge in [-0.05, 0) is 43.7 Å². The van der Waals surface area contributed by atoms with Gasteiger partial charge < -0.3 is 10.1 Å². The topological polar surface area (TPSA) is 21.3 Å².